The Morgan fingerprint density at radius 2 is 1.50 bits per heavy atom. The van der Waals surface area contributed by atoms with E-state index < -0.39 is 0 Å². The van der Waals surface area contributed by atoms with Crippen LogP contribution in [0.1, 0.15) is 0 Å². The van der Waals surface area contributed by atoms with Crippen LogP contribution in [0.5, 0.6) is 0 Å². The fraction of sp³-hybridized carbons (Fsp3) is 0. The monoisotopic (exact) mass is 441 g/mol. The zero-order valence-electron chi connectivity index (χ0n) is 17.7. The minimum atomic E-state index is 0.304. The molecule has 0 aliphatic carbocycles. The summed E-state index contributed by atoms with van der Waals surface area (Å²) in [6, 6.07) is 11.9. The van der Waals surface area contributed by atoms with Gasteiger partial charge in [-0.3, -0.25) is 5.43 Å². The molecule has 7 rings (SSSR count). The van der Waals surface area contributed by atoms with E-state index >= 15 is 0 Å². The number of pyridine rings is 1. The average molecular weight is 441 g/mol. The van der Waals surface area contributed by atoms with Crippen LogP contribution in [0, 0.1) is 0 Å². The predicted molar refractivity (Wildman–Crippen MR) is 136 cm³/mol. The lowest BCUT2D eigenvalue weighted by molar-refractivity contribution is 0.917. The number of aromatic nitrogens is 1. The van der Waals surface area contributed by atoms with E-state index in [-0.39, 0.29) is 0 Å². The molecule has 0 amide bonds. The molecule has 0 unspecified atom stereocenters. The van der Waals surface area contributed by atoms with Crippen molar-refractivity contribution in [1.82, 2.24) is 10.4 Å². The largest absolute Gasteiger partial charge is 0.259 e. The Kier molecular flexibility index (Phi) is 3.94. The first kappa shape index (κ1) is 18.5. The molecule has 0 saturated carbocycles. The van der Waals surface area contributed by atoms with Gasteiger partial charge in [-0.25, -0.2) is 29.9 Å². The number of fused-ring (bicyclic) bond motifs is 6. The van der Waals surface area contributed by atoms with Crippen LogP contribution in [0.25, 0.3) is 10.9 Å². The second-order valence-corrected chi connectivity index (χ2v) is 7.84. The second kappa shape index (κ2) is 7.24. The molecule has 1 N–H and O–H groups in total. The Labute approximate surface area is 193 Å². The van der Waals surface area contributed by atoms with Crippen molar-refractivity contribution in [2.24, 2.45) is 30.1 Å². The molecule has 0 fully saturated rings. The van der Waals surface area contributed by atoms with Crippen molar-refractivity contribution >= 4 is 52.0 Å². The van der Waals surface area contributed by atoms with Gasteiger partial charge in [0.05, 0.1) is 40.3 Å². The molecule has 34 heavy (non-hydrogen) atoms. The summed E-state index contributed by atoms with van der Waals surface area (Å²) in [5, 5.41) is 5.48. The molecule has 6 heterocycles. The lowest BCUT2D eigenvalue weighted by Crippen LogP contribution is -2.28. The Morgan fingerprint density at radius 1 is 0.706 bits per heavy atom. The van der Waals surface area contributed by atoms with Crippen LogP contribution in [-0.2, 0) is 0 Å². The zero-order valence-corrected chi connectivity index (χ0v) is 17.7. The average Bonchev–Trinajstić information content (AvgIpc) is 3.64. The molecule has 1 aromatic carbocycles. The normalized spacial score (nSPS) is 19.8. The molecule has 5 aliphatic heterocycles. The maximum Gasteiger partial charge on any atom is 0.257 e. The first-order chi connectivity index (χ1) is 16.8. The SMILES string of the molecule is C1=CC2=NC1=CC1=NC(=NC3=NNC(=CC4=NC(=C2)C=C4)N3c2ccc3ccccc3n2)N=C1. The standard InChI is InChI=1S/C25H15N9/c1-2-4-21-15(3-1)5-10-22(30-21)34-23-13-19-9-8-17(28-19)11-16-6-7-18(27-16)12-20-14-26-24(29-20)31-25(34)33-32-23/h1-14,32H. The third-order valence-corrected chi connectivity index (χ3v) is 5.51. The van der Waals surface area contributed by atoms with Crippen LogP contribution in [0.3, 0.4) is 0 Å². The maximum atomic E-state index is 4.84. The van der Waals surface area contributed by atoms with Crippen molar-refractivity contribution < 1.29 is 0 Å². The van der Waals surface area contributed by atoms with Gasteiger partial charge in [0, 0.05) is 11.5 Å². The summed E-state index contributed by atoms with van der Waals surface area (Å²) in [5.74, 6) is 2.02. The van der Waals surface area contributed by atoms with Gasteiger partial charge in [-0.15, -0.1) is 5.10 Å². The van der Waals surface area contributed by atoms with Crippen molar-refractivity contribution in [2.75, 3.05) is 4.90 Å². The second-order valence-electron chi connectivity index (χ2n) is 7.84. The third-order valence-electron chi connectivity index (χ3n) is 5.51. The Bertz CT molecular complexity index is 1620. The summed E-state index contributed by atoms with van der Waals surface area (Å²) < 4.78 is 0. The fourth-order valence-electron chi connectivity index (χ4n) is 3.96. The first-order valence-electron chi connectivity index (χ1n) is 10.7. The number of rotatable bonds is 1. The number of hydrogen-bond acceptors (Lipinski definition) is 9. The molecule has 2 aromatic rings. The number of allylic oxidation sites excluding steroid dienone is 7. The Balaban J connectivity index is 1.39. The van der Waals surface area contributed by atoms with Crippen LogP contribution in [0.2, 0.25) is 0 Å². The molecule has 8 bridgehead atoms. The van der Waals surface area contributed by atoms with Crippen molar-refractivity contribution in [2.45, 2.75) is 0 Å². The van der Waals surface area contributed by atoms with E-state index in [1.54, 1.807) is 6.21 Å². The highest BCUT2D eigenvalue weighted by atomic mass is 15.5. The number of anilines is 1. The van der Waals surface area contributed by atoms with Crippen molar-refractivity contribution in [3.05, 3.63) is 96.1 Å². The van der Waals surface area contributed by atoms with E-state index in [1.807, 2.05) is 83.8 Å². The van der Waals surface area contributed by atoms with Crippen molar-refractivity contribution in [1.29, 1.82) is 0 Å². The molecule has 0 spiro atoms. The summed E-state index contributed by atoms with van der Waals surface area (Å²) in [6.45, 7) is 0. The van der Waals surface area contributed by atoms with Gasteiger partial charge >= 0.3 is 0 Å². The molecular weight excluding hydrogens is 426 g/mol. The highest BCUT2D eigenvalue weighted by Crippen LogP contribution is 2.25. The number of para-hydroxylation sites is 1. The van der Waals surface area contributed by atoms with Gasteiger partial charge in [0.1, 0.15) is 11.6 Å². The molecule has 0 saturated heterocycles. The molecule has 9 heteroatoms. The van der Waals surface area contributed by atoms with Gasteiger partial charge < -0.3 is 0 Å². The van der Waals surface area contributed by atoms with E-state index in [0.717, 1.165) is 33.7 Å². The predicted octanol–water partition coefficient (Wildman–Crippen LogP) is 3.44. The van der Waals surface area contributed by atoms with Crippen molar-refractivity contribution in [3.63, 3.8) is 0 Å². The highest BCUT2D eigenvalue weighted by Gasteiger charge is 2.27. The van der Waals surface area contributed by atoms with Crippen LogP contribution in [0.15, 0.2) is 126 Å². The smallest absolute Gasteiger partial charge is 0.257 e. The quantitative estimate of drug-likeness (QED) is 0.733. The van der Waals surface area contributed by atoms with Crippen LogP contribution < -0.4 is 10.3 Å². The lowest BCUT2D eigenvalue weighted by atomic mass is 10.2. The van der Waals surface area contributed by atoms with E-state index in [2.05, 4.69) is 30.5 Å². The van der Waals surface area contributed by atoms with Crippen LogP contribution in [-0.4, -0.2) is 40.3 Å². The molecule has 0 radical (unpaired) electrons. The molecule has 1 aromatic heterocycles. The van der Waals surface area contributed by atoms with Gasteiger partial charge in [0.15, 0.2) is 0 Å². The van der Waals surface area contributed by atoms with E-state index in [1.165, 1.54) is 0 Å². The summed E-state index contributed by atoms with van der Waals surface area (Å²) in [7, 11) is 0. The Morgan fingerprint density at radius 3 is 2.38 bits per heavy atom. The molecule has 160 valence electrons. The lowest BCUT2D eigenvalue weighted by Gasteiger charge is -2.18. The maximum absolute atomic E-state index is 4.84. The van der Waals surface area contributed by atoms with Gasteiger partial charge in [0.25, 0.3) is 11.9 Å². The van der Waals surface area contributed by atoms with Crippen LogP contribution >= 0.6 is 0 Å². The summed E-state index contributed by atoms with van der Waals surface area (Å²) in [4.78, 5) is 29.4. The zero-order chi connectivity index (χ0) is 22.5. The third kappa shape index (κ3) is 3.23. The number of guanidine groups is 2. The molecule has 0 atom stereocenters. The van der Waals surface area contributed by atoms with Crippen molar-refractivity contribution in [3.8, 4) is 0 Å². The fourth-order valence-corrected chi connectivity index (χ4v) is 3.96. The van der Waals surface area contributed by atoms with Gasteiger partial charge in [-0.1, -0.05) is 18.2 Å². The molecular formula is C25H15N9. The molecule has 9 nitrogen and oxygen atoms in total. The van der Waals surface area contributed by atoms with Gasteiger partial charge in [-0.05, 0) is 54.7 Å². The summed E-state index contributed by atoms with van der Waals surface area (Å²) in [5.41, 5.74) is 7.81. The van der Waals surface area contributed by atoms with E-state index in [4.69, 9.17) is 9.98 Å². The number of aliphatic imine (C=N–C) groups is 5. The minimum Gasteiger partial charge on any atom is -0.259 e. The number of hydrogen-bond donors (Lipinski definition) is 1. The van der Waals surface area contributed by atoms with Gasteiger partial charge in [0.2, 0.25) is 0 Å². The highest BCUT2D eigenvalue weighted by molar-refractivity contribution is 6.43. The number of benzene rings is 1. The number of nitrogens with zero attached hydrogens (tertiary/aromatic N) is 8. The number of hydrazone groups is 1. The van der Waals surface area contributed by atoms with Gasteiger partial charge in [-0.2, -0.15) is 4.99 Å². The summed E-state index contributed by atoms with van der Waals surface area (Å²) in [6.07, 6.45) is 15.2. The summed E-state index contributed by atoms with van der Waals surface area (Å²) >= 11 is 0. The van der Waals surface area contributed by atoms with Crippen LogP contribution in [0.4, 0.5) is 5.82 Å². The minimum absolute atomic E-state index is 0.304. The first-order valence-corrected chi connectivity index (χ1v) is 10.7. The Hall–Kier alpha value is -5.05. The number of nitrogens with one attached hydrogen (secondary N) is 1. The molecule has 5 aliphatic rings. The van der Waals surface area contributed by atoms with E-state index in [9.17, 15) is 0 Å². The van der Waals surface area contributed by atoms with E-state index in [0.29, 0.717) is 29.3 Å². The topological polar surface area (TPSA) is 102 Å².